The number of hydrogen-bond donors (Lipinski definition) is 1. The Kier molecular flexibility index (Phi) is 16.5. The zero-order valence-corrected chi connectivity index (χ0v) is 28.6. The van der Waals surface area contributed by atoms with Gasteiger partial charge in [-0.1, -0.05) is 86.9 Å². The van der Waals surface area contributed by atoms with Crippen LogP contribution in [0, 0.1) is 37.7 Å². The van der Waals surface area contributed by atoms with Crippen molar-refractivity contribution in [3.63, 3.8) is 0 Å². The minimum atomic E-state index is 0. The minimum absolute atomic E-state index is 0. The number of allylic oxidation sites excluding steroid dienone is 2. The Balaban J connectivity index is 0.000000455. The van der Waals surface area contributed by atoms with Crippen molar-refractivity contribution in [2.75, 3.05) is 0 Å². The molecule has 42 heavy (non-hydrogen) atoms. The summed E-state index contributed by atoms with van der Waals surface area (Å²) in [4.78, 5) is 16.6. The largest absolute Gasteiger partial charge is 0.512 e. The summed E-state index contributed by atoms with van der Waals surface area (Å²) in [7, 11) is 0. The van der Waals surface area contributed by atoms with Crippen LogP contribution in [-0.4, -0.2) is 15.9 Å². The van der Waals surface area contributed by atoms with Crippen LogP contribution in [0.2, 0.25) is 0 Å². The molecule has 0 bridgehead atoms. The molecular weight excluding hydrogens is 695 g/mol. The fourth-order valence-corrected chi connectivity index (χ4v) is 5.95. The fourth-order valence-electron chi connectivity index (χ4n) is 5.95. The first-order valence-corrected chi connectivity index (χ1v) is 15.5. The van der Waals surface area contributed by atoms with Gasteiger partial charge < -0.3 is 5.11 Å². The molecule has 1 N–H and O–H groups in total. The SMILES string of the molecule is C.CCC(CC)C(=O)C=C(O)C(CC)CC.Cc1[c-]c(-c2ccc3cc(C4CCC(C)CC4)ccc3n2)cc(C)c1.[Ir]. The molecule has 4 heteroatoms. The average Bonchev–Trinajstić information content (AvgIpc) is 2.94. The molecular formula is C38H54IrNO2-. The predicted molar refractivity (Wildman–Crippen MR) is 176 cm³/mol. The van der Waals surface area contributed by atoms with Crippen LogP contribution in [0.1, 0.15) is 116 Å². The van der Waals surface area contributed by atoms with E-state index in [1.54, 1.807) is 0 Å². The van der Waals surface area contributed by atoms with Crippen molar-refractivity contribution in [2.45, 2.75) is 113 Å². The normalized spacial score (nSPS) is 16.8. The van der Waals surface area contributed by atoms with E-state index in [0.29, 0.717) is 0 Å². The van der Waals surface area contributed by atoms with Crippen LogP contribution in [-0.2, 0) is 24.9 Å². The van der Waals surface area contributed by atoms with Gasteiger partial charge in [-0.15, -0.1) is 34.9 Å². The Morgan fingerprint density at radius 2 is 1.55 bits per heavy atom. The van der Waals surface area contributed by atoms with Crippen molar-refractivity contribution in [2.24, 2.45) is 17.8 Å². The van der Waals surface area contributed by atoms with Gasteiger partial charge in [-0.05, 0) is 79.1 Å². The van der Waals surface area contributed by atoms with Gasteiger partial charge in [0.2, 0.25) is 0 Å². The second-order valence-corrected chi connectivity index (χ2v) is 11.9. The van der Waals surface area contributed by atoms with Gasteiger partial charge >= 0.3 is 0 Å². The third-order valence-electron chi connectivity index (χ3n) is 8.71. The maximum atomic E-state index is 11.7. The number of fused-ring (bicyclic) bond motifs is 1. The number of aryl methyl sites for hydroxylation is 2. The first-order valence-electron chi connectivity index (χ1n) is 15.5. The van der Waals surface area contributed by atoms with Gasteiger partial charge in [-0.25, -0.2) is 0 Å². The molecule has 2 aromatic carbocycles. The molecule has 1 aliphatic carbocycles. The van der Waals surface area contributed by atoms with Gasteiger partial charge in [0.1, 0.15) is 0 Å². The molecule has 1 saturated carbocycles. The van der Waals surface area contributed by atoms with Crippen molar-refractivity contribution < 1.29 is 30.0 Å². The summed E-state index contributed by atoms with van der Waals surface area (Å²) >= 11 is 0. The smallest absolute Gasteiger partial charge is 0.162 e. The number of pyridine rings is 1. The van der Waals surface area contributed by atoms with Crippen molar-refractivity contribution in [3.8, 4) is 11.3 Å². The molecule has 1 fully saturated rings. The van der Waals surface area contributed by atoms with Crippen LogP contribution < -0.4 is 0 Å². The van der Waals surface area contributed by atoms with Crippen molar-refractivity contribution in [1.82, 2.24) is 4.98 Å². The van der Waals surface area contributed by atoms with E-state index in [0.717, 1.165) is 54.3 Å². The number of carbonyl (C=O) groups is 1. The summed E-state index contributed by atoms with van der Waals surface area (Å²) in [6, 6.07) is 19.0. The van der Waals surface area contributed by atoms with Gasteiger partial charge in [0.25, 0.3) is 0 Å². The van der Waals surface area contributed by atoms with E-state index in [1.807, 2.05) is 27.7 Å². The molecule has 1 aromatic heterocycles. The molecule has 1 heterocycles. The first kappa shape index (κ1) is 37.7. The second kappa shape index (κ2) is 18.4. The van der Waals surface area contributed by atoms with Crippen LogP contribution in [0.4, 0.5) is 0 Å². The number of benzene rings is 2. The van der Waals surface area contributed by atoms with E-state index < -0.39 is 0 Å². The maximum absolute atomic E-state index is 11.7. The van der Waals surface area contributed by atoms with Crippen molar-refractivity contribution in [1.29, 1.82) is 0 Å². The van der Waals surface area contributed by atoms with E-state index in [9.17, 15) is 9.90 Å². The van der Waals surface area contributed by atoms with Gasteiger partial charge in [0.15, 0.2) is 5.78 Å². The summed E-state index contributed by atoms with van der Waals surface area (Å²) in [5.74, 6) is 2.18. The van der Waals surface area contributed by atoms with Crippen LogP contribution in [0.25, 0.3) is 22.2 Å². The molecule has 0 aliphatic heterocycles. The van der Waals surface area contributed by atoms with Gasteiger partial charge in [-0.3, -0.25) is 9.78 Å². The molecule has 1 aliphatic rings. The summed E-state index contributed by atoms with van der Waals surface area (Å²) in [5, 5.41) is 11.0. The standard InChI is InChI=1S/C24H26N.C13H24O2.CH4.Ir/c1-16-4-6-19(7-5-16)20-8-10-23-21(15-20)9-11-24(25-23)22-13-17(2)12-18(3)14-22;1-5-10(6-2)12(14)9-13(15)11(7-3)8-4;;/h8-13,15-16,19H,4-7H2,1-3H3;9-11,14H,5-8H2,1-4H3;1H4;/q-1;;;. The molecule has 0 amide bonds. The van der Waals surface area contributed by atoms with Crippen LogP contribution in [0.15, 0.2) is 54.3 Å². The molecule has 0 spiro atoms. The number of carbonyl (C=O) groups excluding carboxylic acids is 1. The molecule has 0 unspecified atom stereocenters. The molecule has 233 valence electrons. The zero-order chi connectivity index (χ0) is 29.2. The van der Waals surface area contributed by atoms with Gasteiger partial charge in [-0.2, -0.15) is 0 Å². The monoisotopic (exact) mass is 749 g/mol. The molecule has 0 atom stereocenters. The Morgan fingerprint density at radius 1 is 0.929 bits per heavy atom. The van der Waals surface area contributed by atoms with Crippen LogP contribution >= 0.6 is 0 Å². The van der Waals surface area contributed by atoms with E-state index in [-0.39, 0.29) is 50.9 Å². The van der Waals surface area contributed by atoms with Gasteiger partial charge in [0.05, 0.1) is 11.3 Å². The Morgan fingerprint density at radius 3 is 2.12 bits per heavy atom. The quantitative estimate of drug-likeness (QED) is 0.135. The summed E-state index contributed by atoms with van der Waals surface area (Å²) in [6.45, 7) is 14.7. The van der Waals surface area contributed by atoms with Gasteiger partial charge in [0, 0.05) is 38.0 Å². The third kappa shape index (κ3) is 10.5. The number of aliphatic hydroxyl groups is 1. The maximum Gasteiger partial charge on any atom is 0.162 e. The van der Waals surface area contributed by atoms with E-state index >= 15 is 0 Å². The minimum Gasteiger partial charge on any atom is -0.512 e. The zero-order valence-electron chi connectivity index (χ0n) is 26.2. The number of hydrogen-bond acceptors (Lipinski definition) is 3. The summed E-state index contributed by atoms with van der Waals surface area (Å²) in [6.07, 6.45) is 10.3. The van der Waals surface area contributed by atoms with Crippen molar-refractivity contribution in [3.05, 3.63) is 77.1 Å². The van der Waals surface area contributed by atoms with E-state index in [2.05, 4.69) is 69.3 Å². The van der Waals surface area contributed by atoms with Crippen LogP contribution in [0.5, 0.6) is 0 Å². The number of ketones is 1. The average molecular weight is 749 g/mol. The second-order valence-electron chi connectivity index (χ2n) is 11.9. The summed E-state index contributed by atoms with van der Waals surface area (Å²) in [5.41, 5.74) is 7.10. The first-order chi connectivity index (χ1) is 19.2. The van der Waals surface area contributed by atoms with Crippen LogP contribution in [0.3, 0.4) is 0 Å². The molecule has 1 radical (unpaired) electrons. The fraction of sp³-hybridized carbons (Fsp3) is 0.526. The Bertz CT molecular complexity index is 1260. The number of aliphatic hydroxyl groups excluding tert-OH is 1. The van der Waals surface area contributed by atoms with E-state index in [4.69, 9.17) is 4.98 Å². The Labute approximate surface area is 270 Å². The summed E-state index contributed by atoms with van der Waals surface area (Å²) < 4.78 is 0. The molecule has 4 rings (SSSR count). The molecule has 3 aromatic rings. The Hall–Kier alpha value is -2.29. The molecule has 3 nitrogen and oxygen atoms in total. The number of rotatable bonds is 9. The molecule has 0 saturated heterocycles. The number of nitrogens with zero attached hydrogens (tertiary/aromatic N) is 1. The number of aromatic nitrogens is 1. The van der Waals surface area contributed by atoms with Crippen molar-refractivity contribution >= 4 is 16.7 Å². The predicted octanol–water partition coefficient (Wildman–Crippen LogP) is 11.1. The van der Waals surface area contributed by atoms with E-state index in [1.165, 1.54) is 53.8 Å². The topological polar surface area (TPSA) is 50.2 Å². The third-order valence-corrected chi connectivity index (χ3v) is 8.71.